The summed E-state index contributed by atoms with van der Waals surface area (Å²) in [5.74, 6) is 0.346. The Morgan fingerprint density at radius 1 is 1.60 bits per heavy atom. The number of ether oxygens (including phenoxy) is 1. The van der Waals surface area contributed by atoms with Crippen molar-refractivity contribution in [2.75, 3.05) is 7.11 Å². The zero-order valence-electron chi connectivity index (χ0n) is 9.45. The molecule has 1 rings (SSSR count). The average molecular weight is 227 g/mol. The van der Waals surface area contributed by atoms with E-state index in [2.05, 4.69) is 28.9 Å². The van der Waals surface area contributed by atoms with Crippen LogP contribution in [0.3, 0.4) is 0 Å². The van der Waals surface area contributed by atoms with Crippen molar-refractivity contribution in [3.8, 4) is 0 Å². The van der Waals surface area contributed by atoms with Gasteiger partial charge in [-0.1, -0.05) is 13.8 Å². The highest BCUT2D eigenvalue weighted by atomic mass is 32.1. The van der Waals surface area contributed by atoms with E-state index in [-0.39, 0.29) is 5.97 Å². The van der Waals surface area contributed by atoms with Crippen LogP contribution in [0.4, 0.5) is 0 Å². The maximum atomic E-state index is 10.9. The molecule has 0 aliphatic carbocycles. The summed E-state index contributed by atoms with van der Waals surface area (Å²) in [6, 6.07) is 0. The lowest BCUT2D eigenvalue weighted by Crippen LogP contribution is -2.00. The van der Waals surface area contributed by atoms with Gasteiger partial charge in [-0.3, -0.25) is 4.79 Å². The molecule has 84 valence electrons. The molecule has 0 amide bonds. The van der Waals surface area contributed by atoms with E-state index in [9.17, 15) is 4.79 Å². The summed E-state index contributed by atoms with van der Waals surface area (Å²) in [5.41, 5.74) is 1.09. The molecule has 4 heteroatoms. The third-order valence-electron chi connectivity index (χ3n) is 2.10. The van der Waals surface area contributed by atoms with E-state index in [4.69, 9.17) is 0 Å². The lowest BCUT2D eigenvalue weighted by atomic mass is 10.2. The molecule has 0 bridgehead atoms. The van der Waals surface area contributed by atoms with Crippen molar-refractivity contribution in [1.82, 2.24) is 4.98 Å². The van der Waals surface area contributed by atoms with Gasteiger partial charge in [-0.2, -0.15) is 0 Å². The van der Waals surface area contributed by atoms with Gasteiger partial charge in [-0.05, 0) is 12.8 Å². The first kappa shape index (κ1) is 12.2. The van der Waals surface area contributed by atoms with Gasteiger partial charge in [0.15, 0.2) is 0 Å². The first-order valence-corrected chi connectivity index (χ1v) is 6.02. The molecular formula is C11H17NO2S. The highest BCUT2D eigenvalue weighted by molar-refractivity contribution is 7.09. The van der Waals surface area contributed by atoms with E-state index in [1.54, 1.807) is 11.3 Å². The Morgan fingerprint density at radius 2 is 2.33 bits per heavy atom. The number of hydrogen-bond donors (Lipinski definition) is 0. The van der Waals surface area contributed by atoms with Crippen molar-refractivity contribution in [3.05, 3.63) is 16.1 Å². The fraction of sp³-hybridized carbons (Fsp3) is 0.636. The first-order valence-electron chi connectivity index (χ1n) is 5.14. The lowest BCUT2D eigenvalue weighted by molar-refractivity contribution is -0.140. The van der Waals surface area contributed by atoms with Crippen molar-refractivity contribution in [2.45, 2.75) is 39.0 Å². The Labute approximate surface area is 94.5 Å². The summed E-state index contributed by atoms with van der Waals surface area (Å²) in [6.07, 6.45) is 2.15. The highest BCUT2D eigenvalue weighted by Crippen LogP contribution is 2.20. The number of aromatic nitrogens is 1. The molecule has 0 aliphatic rings. The second kappa shape index (κ2) is 5.85. The molecule has 1 aromatic rings. The normalized spacial score (nSPS) is 10.7. The molecule has 0 saturated carbocycles. The molecule has 3 nitrogen and oxygen atoms in total. The SMILES string of the molecule is COC(=O)CCCc1csc(C(C)C)n1. The van der Waals surface area contributed by atoms with Gasteiger partial charge < -0.3 is 4.74 Å². The molecule has 0 aliphatic heterocycles. The third kappa shape index (κ3) is 4.00. The Kier molecular flexibility index (Phi) is 4.75. The Hall–Kier alpha value is -0.900. The van der Waals surface area contributed by atoms with Crippen LogP contribution in [-0.2, 0) is 16.0 Å². The molecule has 0 aromatic carbocycles. The van der Waals surface area contributed by atoms with Crippen molar-refractivity contribution < 1.29 is 9.53 Å². The molecular weight excluding hydrogens is 210 g/mol. The van der Waals surface area contributed by atoms with E-state index >= 15 is 0 Å². The molecule has 0 saturated heterocycles. The lowest BCUT2D eigenvalue weighted by Gasteiger charge is -1.98. The van der Waals surface area contributed by atoms with E-state index < -0.39 is 0 Å². The van der Waals surface area contributed by atoms with Crippen LogP contribution in [0.15, 0.2) is 5.38 Å². The van der Waals surface area contributed by atoms with Crippen LogP contribution in [0.1, 0.15) is 43.3 Å². The van der Waals surface area contributed by atoms with Gasteiger partial charge in [-0.15, -0.1) is 11.3 Å². The fourth-order valence-corrected chi connectivity index (χ4v) is 2.09. The molecule has 0 radical (unpaired) electrons. The van der Waals surface area contributed by atoms with E-state index in [0.29, 0.717) is 12.3 Å². The zero-order chi connectivity index (χ0) is 11.3. The number of thiazole rings is 1. The number of methoxy groups -OCH3 is 1. The summed E-state index contributed by atoms with van der Waals surface area (Å²) in [7, 11) is 1.42. The fourth-order valence-electron chi connectivity index (χ4n) is 1.22. The number of carbonyl (C=O) groups excluding carboxylic acids is 1. The summed E-state index contributed by atoms with van der Waals surface area (Å²) >= 11 is 1.69. The molecule has 1 aromatic heterocycles. The maximum Gasteiger partial charge on any atom is 0.305 e. The van der Waals surface area contributed by atoms with Crippen LogP contribution in [0, 0.1) is 0 Å². The van der Waals surface area contributed by atoms with Crippen LogP contribution in [0.25, 0.3) is 0 Å². The smallest absolute Gasteiger partial charge is 0.305 e. The Balaban J connectivity index is 2.34. The topological polar surface area (TPSA) is 39.2 Å². The van der Waals surface area contributed by atoms with Crippen molar-refractivity contribution in [2.24, 2.45) is 0 Å². The molecule has 0 fully saturated rings. The van der Waals surface area contributed by atoms with Crippen molar-refractivity contribution >= 4 is 17.3 Å². The number of carbonyl (C=O) groups is 1. The molecule has 0 unspecified atom stereocenters. The molecule has 0 spiro atoms. The predicted molar refractivity (Wildman–Crippen MR) is 61.2 cm³/mol. The van der Waals surface area contributed by atoms with Gasteiger partial charge in [-0.25, -0.2) is 4.98 Å². The van der Waals surface area contributed by atoms with E-state index in [1.807, 2.05) is 0 Å². The summed E-state index contributed by atoms with van der Waals surface area (Å²) in [6.45, 7) is 4.27. The highest BCUT2D eigenvalue weighted by Gasteiger charge is 2.06. The molecule has 0 N–H and O–H groups in total. The van der Waals surface area contributed by atoms with Gasteiger partial charge in [0, 0.05) is 17.7 Å². The number of nitrogens with zero attached hydrogens (tertiary/aromatic N) is 1. The second-order valence-electron chi connectivity index (χ2n) is 3.76. The monoisotopic (exact) mass is 227 g/mol. The summed E-state index contributed by atoms with van der Waals surface area (Å²) < 4.78 is 4.57. The van der Waals surface area contributed by atoms with E-state index in [1.165, 1.54) is 12.1 Å². The number of aryl methyl sites for hydroxylation is 1. The van der Waals surface area contributed by atoms with Crippen molar-refractivity contribution in [1.29, 1.82) is 0 Å². The quantitative estimate of drug-likeness (QED) is 0.726. The van der Waals surface area contributed by atoms with E-state index in [0.717, 1.165) is 18.5 Å². The van der Waals surface area contributed by atoms with Gasteiger partial charge in [0.2, 0.25) is 0 Å². The van der Waals surface area contributed by atoms with Crippen molar-refractivity contribution in [3.63, 3.8) is 0 Å². The summed E-state index contributed by atoms with van der Waals surface area (Å²) in [5, 5.41) is 3.25. The Bertz CT molecular complexity index is 320. The first-order chi connectivity index (χ1) is 7.13. The van der Waals surface area contributed by atoms with Crippen LogP contribution >= 0.6 is 11.3 Å². The number of esters is 1. The predicted octanol–water partition coefficient (Wildman–Crippen LogP) is 2.76. The van der Waals surface area contributed by atoms with Crippen LogP contribution < -0.4 is 0 Å². The minimum atomic E-state index is -0.144. The molecule has 0 atom stereocenters. The number of rotatable bonds is 5. The third-order valence-corrected chi connectivity index (χ3v) is 3.30. The maximum absolute atomic E-state index is 10.9. The molecule has 15 heavy (non-hydrogen) atoms. The van der Waals surface area contributed by atoms with Gasteiger partial charge >= 0.3 is 5.97 Å². The average Bonchev–Trinajstić information content (AvgIpc) is 2.66. The largest absolute Gasteiger partial charge is 0.469 e. The second-order valence-corrected chi connectivity index (χ2v) is 4.65. The number of hydrogen-bond acceptors (Lipinski definition) is 4. The van der Waals surface area contributed by atoms with Gasteiger partial charge in [0.25, 0.3) is 0 Å². The minimum absolute atomic E-state index is 0.144. The molecule has 1 heterocycles. The standard InChI is InChI=1S/C11H17NO2S/c1-8(2)11-12-9(7-15-11)5-4-6-10(13)14-3/h7-8H,4-6H2,1-3H3. The zero-order valence-corrected chi connectivity index (χ0v) is 10.3. The van der Waals surface area contributed by atoms with Crippen LogP contribution in [-0.4, -0.2) is 18.1 Å². The van der Waals surface area contributed by atoms with Gasteiger partial charge in [0.05, 0.1) is 17.8 Å². The van der Waals surface area contributed by atoms with Crippen LogP contribution in [0.5, 0.6) is 0 Å². The minimum Gasteiger partial charge on any atom is -0.469 e. The van der Waals surface area contributed by atoms with Gasteiger partial charge in [0.1, 0.15) is 0 Å². The Morgan fingerprint density at radius 3 is 2.87 bits per heavy atom. The summed E-state index contributed by atoms with van der Waals surface area (Å²) in [4.78, 5) is 15.4. The van der Waals surface area contributed by atoms with Crippen LogP contribution in [0.2, 0.25) is 0 Å².